The standard InChI is InChI=1S/C14H19BrN2O2Si/c1-20(2,3)7-6-19-10-17-13(18)5-4-11-8-12(15)9-16-14(11)17/h4-5,8-9H,6-7,10H2,1-3H3. The highest BCUT2D eigenvalue weighted by Crippen LogP contribution is 2.15. The van der Waals surface area contributed by atoms with Crippen LogP contribution in [0.25, 0.3) is 11.0 Å². The molecule has 2 aromatic rings. The molecule has 0 amide bonds. The lowest BCUT2D eigenvalue weighted by Gasteiger charge is -2.16. The number of ether oxygens (including phenoxy) is 1. The van der Waals surface area contributed by atoms with Gasteiger partial charge < -0.3 is 4.74 Å². The SMILES string of the molecule is C[Si](C)(C)CCOCn1c(=O)ccc2cc(Br)cnc21. The first kappa shape index (κ1) is 15.4. The lowest BCUT2D eigenvalue weighted by molar-refractivity contribution is 0.0875. The molecular formula is C14H19BrN2O2Si. The van der Waals surface area contributed by atoms with Crippen LogP contribution >= 0.6 is 15.9 Å². The molecule has 0 aliphatic carbocycles. The fourth-order valence-corrected chi connectivity index (χ4v) is 2.92. The van der Waals surface area contributed by atoms with Gasteiger partial charge in [0.05, 0.1) is 0 Å². The van der Waals surface area contributed by atoms with Crippen LogP contribution < -0.4 is 5.56 Å². The zero-order valence-corrected chi connectivity index (χ0v) is 14.6. The van der Waals surface area contributed by atoms with Crippen molar-refractivity contribution >= 4 is 35.0 Å². The van der Waals surface area contributed by atoms with Crippen LogP contribution in [0.2, 0.25) is 25.7 Å². The van der Waals surface area contributed by atoms with Crippen molar-refractivity contribution in [2.75, 3.05) is 6.61 Å². The second-order valence-electron chi connectivity index (χ2n) is 6.01. The van der Waals surface area contributed by atoms with Crippen molar-refractivity contribution in [2.45, 2.75) is 32.4 Å². The molecular weight excluding hydrogens is 336 g/mol. The van der Waals surface area contributed by atoms with Crippen LogP contribution in [0, 0.1) is 0 Å². The van der Waals surface area contributed by atoms with Crippen LogP contribution in [-0.2, 0) is 11.5 Å². The Balaban J connectivity index is 2.17. The summed E-state index contributed by atoms with van der Waals surface area (Å²) in [4.78, 5) is 16.3. The maximum Gasteiger partial charge on any atom is 0.254 e. The van der Waals surface area contributed by atoms with Crippen LogP contribution in [-0.4, -0.2) is 24.2 Å². The fraction of sp³-hybridized carbons (Fsp3) is 0.429. The third-order valence-electron chi connectivity index (χ3n) is 3.01. The molecule has 0 aromatic carbocycles. The minimum atomic E-state index is -1.10. The number of fused-ring (bicyclic) bond motifs is 1. The van der Waals surface area contributed by atoms with E-state index in [2.05, 4.69) is 40.6 Å². The largest absolute Gasteiger partial charge is 0.361 e. The molecule has 2 heterocycles. The molecule has 0 fully saturated rings. The van der Waals surface area contributed by atoms with Crippen LogP contribution in [0.3, 0.4) is 0 Å². The van der Waals surface area contributed by atoms with Crippen molar-refractivity contribution in [2.24, 2.45) is 0 Å². The summed E-state index contributed by atoms with van der Waals surface area (Å²) < 4.78 is 8.13. The number of nitrogens with zero attached hydrogens (tertiary/aromatic N) is 2. The van der Waals surface area contributed by atoms with E-state index in [4.69, 9.17) is 4.74 Å². The monoisotopic (exact) mass is 354 g/mol. The number of halogens is 1. The average molecular weight is 355 g/mol. The zero-order chi connectivity index (χ0) is 14.8. The predicted molar refractivity (Wildman–Crippen MR) is 87.8 cm³/mol. The van der Waals surface area contributed by atoms with E-state index in [1.807, 2.05) is 6.07 Å². The van der Waals surface area contributed by atoms with Gasteiger partial charge in [-0.15, -0.1) is 0 Å². The van der Waals surface area contributed by atoms with Crippen molar-refractivity contribution in [1.29, 1.82) is 0 Å². The summed E-state index contributed by atoms with van der Waals surface area (Å²) in [5.41, 5.74) is 0.578. The topological polar surface area (TPSA) is 44.1 Å². The smallest absolute Gasteiger partial charge is 0.254 e. The van der Waals surface area contributed by atoms with E-state index in [9.17, 15) is 4.79 Å². The molecule has 0 aliphatic rings. The summed E-state index contributed by atoms with van der Waals surface area (Å²) in [6, 6.07) is 6.37. The van der Waals surface area contributed by atoms with Crippen molar-refractivity contribution in [3.05, 3.63) is 39.2 Å². The highest BCUT2D eigenvalue weighted by molar-refractivity contribution is 9.10. The molecule has 0 spiro atoms. The third kappa shape index (κ3) is 4.00. The van der Waals surface area contributed by atoms with Gasteiger partial charge in [0.25, 0.3) is 5.56 Å². The predicted octanol–water partition coefficient (Wildman–Crippen LogP) is 3.47. The molecule has 0 bridgehead atoms. The molecule has 0 radical (unpaired) electrons. The van der Waals surface area contributed by atoms with E-state index < -0.39 is 8.07 Å². The number of pyridine rings is 2. The second kappa shape index (κ2) is 6.20. The van der Waals surface area contributed by atoms with Crippen LogP contribution in [0.15, 0.2) is 33.7 Å². The molecule has 0 N–H and O–H groups in total. The highest BCUT2D eigenvalue weighted by Gasteiger charge is 2.12. The fourth-order valence-electron chi connectivity index (χ4n) is 1.81. The molecule has 0 saturated carbocycles. The van der Waals surface area contributed by atoms with Crippen LogP contribution in [0.1, 0.15) is 0 Å². The normalized spacial score (nSPS) is 12.0. The Hall–Kier alpha value is -0.983. The Bertz CT molecular complexity index is 664. The number of hydrogen-bond acceptors (Lipinski definition) is 3. The Labute approximate surface area is 127 Å². The van der Waals surface area contributed by atoms with Gasteiger partial charge in [-0.05, 0) is 34.1 Å². The molecule has 20 heavy (non-hydrogen) atoms. The van der Waals surface area contributed by atoms with Gasteiger partial charge in [-0.25, -0.2) is 4.98 Å². The minimum absolute atomic E-state index is 0.0830. The minimum Gasteiger partial charge on any atom is -0.361 e. The zero-order valence-electron chi connectivity index (χ0n) is 12.0. The van der Waals surface area contributed by atoms with E-state index in [-0.39, 0.29) is 12.3 Å². The summed E-state index contributed by atoms with van der Waals surface area (Å²) >= 11 is 3.38. The van der Waals surface area contributed by atoms with E-state index in [1.54, 1.807) is 22.9 Å². The number of rotatable bonds is 5. The summed E-state index contributed by atoms with van der Waals surface area (Å²) in [5, 5.41) is 0.924. The molecule has 0 aliphatic heterocycles. The van der Waals surface area contributed by atoms with Crippen molar-refractivity contribution in [3.8, 4) is 0 Å². The molecule has 6 heteroatoms. The van der Waals surface area contributed by atoms with Crippen LogP contribution in [0.5, 0.6) is 0 Å². The molecule has 0 unspecified atom stereocenters. The van der Waals surface area contributed by atoms with Gasteiger partial charge in [0.1, 0.15) is 12.4 Å². The lowest BCUT2D eigenvalue weighted by Crippen LogP contribution is -2.25. The molecule has 0 atom stereocenters. The van der Waals surface area contributed by atoms with E-state index in [0.717, 1.165) is 15.9 Å². The van der Waals surface area contributed by atoms with Crippen molar-refractivity contribution in [3.63, 3.8) is 0 Å². The summed E-state index contributed by atoms with van der Waals surface area (Å²) in [6.45, 7) is 7.86. The third-order valence-corrected chi connectivity index (χ3v) is 5.14. The van der Waals surface area contributed by atoms with E-state index in [1.165, 1.54) is 0 Å². The number of aromatic nitrogens is 2. The molecule has 2 rings (SSSR count). The quantitative estimate of drug-likeness (QED) is 0.609. The van der Waals surface area contributed by atoms with Gasteiger partial charge in [0, 0.05) is 36.8 Å². The molecule has 108 valence electrons. The van der Waals surface area contributed by atoms with Gasteiger partial charge in [0.2, 0.25) is 0 Å². The van der Waals surface area contributed by atoms with E-state index in [0.29, 0.717) is 12.3 Å². The lowest BCUT2D eigenvalue weighted by atomic mass is 10.3. The molecule has 0 saturated heterocycles. The van der Waals surface area contributed by atoms with Crippen molar-refractivity contribution < 1.29 is 4.74 Å². The van der Waals surface area contributed by atoms with E-state index >= 15 is 0 Å². The maximum atomic E-state index is 11.9. The molecule has 2 aromatic heterocycles. The first-order valence-electron chi connectivity index (χ1n) is 6.60. The van der Waals surface area contributed by atoms with Gasteiger partial charge >= 0.3 is 0 Å². The van der Waals surface area contributed by atoms with Gasteiger partial charge in [0.15, 0.2) is 0 Å². The number of hydrogen-bond donors (Lipinski definition) is 0. The van der Waals surface area contributed by atoms with Gasteiger partial charge in [-0.3, -0.25) is 9.36 Å². The summed E-state index contributed by atoms with van der Waals surface area (Å²) in [7, 11) is -1.10. The Kier molecular flexibility index (Phi) is 4.77. The molecule has 4 nitrogen and oxygen atoms in total. The highest BCUT2D eigenvalue weighted by atomic mass is 79.9. The Morgan fingerprint density at radius 1 is 1.35 bits per heavy atom. The van der Waals surface area contributed by atoms with Crippen LogP contribution in [0.4, 0.5) is 0 Å². The summed E-state index contributed by atoms with van der Waals surface area (Å²) in [6.07, 6.45) is 1.69. The first-order valence-corrected chi connectivity index (χ1v) is 11.1. The van der Waals surface area contributed by atoms with Gasteiger partial charge in [-0.1, -0.05) is 19.6 Å². The average Bonchev–Trinajstić information content (AvgIpc) is 2.35. The Morgan fingerprint density at radius 3 is 2.80 bits per heavy atom. The maximum absolute atomic E-state index is 11.9. The second-order valence-corrected chi connectivity index (χ2v) is 12.6. The van der Waals surface area contributed by atoms with Gasteiger partial charge in [-0.2, -0.15) is 0 Å². The summed E-state index contributed by atoms with van der Waals surface area (Å²) in [5.74, 6) is 0. The first-order chi connectivity index (χ1) is 9.37. The Morgan fingerprint density at radius 2 is 2.10 bits per heavy atom. The van der Waals surface area contributed by atoms with Crippen molar-refractivity contribution in [1.82, 2.24) is 9.55 Å².